The molecule has 0 aliphatic heterocycles. The number of carbonyl (C=O) groups is 1. The molecule has 0 aromatic heterocycles. The molecule has 202 valence electrons. The van der Waals surface area contributed by atoms with E-state index in [0.717, 1.165) is 24.0 Å². The third-order valence-corrected chi connectivity index (χ3v) is 6.34. The monoisotopic (exact) mass is 574 g/mol. The van der Waals surface area contributed by atoms with Crippen molar-refractivity contribution in [3.63, 3.8) is 0 Å². The minimum Gasteiger partial charge on any atom is -0.352 e. The van der Waals surface area contributed by atoms with Crippen LogP contribution in [0.2, 0.25) is 5.02 Å². The van der Waals surface area contributed by atoms with Crippen molar-refractivity contribution < 1.29 is 45.2 Å². The second kappa shape index (κ2) is 11.8. The lowest BCUT2D eigenvalue weighted by Crippen LogP contribution is -2.71. The quantitative estimate of drug-likeness (QED) is 0.140. The number of halogens is 9. The number of quaternary nitrogens is 1. The summed E-state index contributed by atoms with van der Waals surface area (Å²) in [6.45, 7) is 1.50. The second-order valence-corrected chi connectivity index (χ2v) is 8.85. The number of nitrogens with two attached hydrogens (primary N) is 1. The lowest BCUT2D eigenvalue weighted by molar-refractivity contribution is -0.497. The SMILES string of the molecule is CCC(=O)NCc1cc(/C(C=N)=C/[NH2+]c2c(Cl)cc(C(F)(C(F)(F)F)C(F)(F)F)cc2SC)ccc1F. The van der Waals surface area contributed by atoms with Crippen LogP contribution in [0.3, 0.4) is 0 Å². The maximum absolute atomic E-state index is 14.5. The van der Waals surface area contributed by atoms with Gasteiger partial charge in [-0.25, -0.2) is 8.78 Å². The molecule has 0 aliphatic rings. The van der Waals surface area contributed by atoms with E-state index in [1.807, 2.05) is 0 Å². The number of alkyl halides is 7. The summed E-state index contributed by atoms with van der Waals surface area (Å²) < 4.78 is 108. The lowest BCUT2D eigenvalue weighted by atomic mass is 9.94. The standard InChI is InChI=1S/C23H20ClF8N3OS/c1-3-19(36)34-10-13-6-12(4-5-17(13)25)14(9-33)11-35-20-16(24)7-15(8-18(20)37-2)21(26,22(27,28)29)23(30,31)32/h4-9,11,33,35H,3,10H2,1-2H3,(H,34,36)/p+1/b14-11+,33-9?. The number of amides is 1. The zero-order valence-corrected chi connectivity index (χ0v) is 20.8. The van der Waals surface area contributed by atoms with Crippen LogP contribution in [-0.4, -0.2) is 30.7 Å². The molecule has 14 heteroatoms. The molecule has 0 heterocycles. The maximum atomic E-state index is 14.5. The fraction of sp³-hybridized carbons (Fsp3) is 0.304. The van der Waals surface area contributed by atoms with Crippen molar-refractivity contribution in [1.29, 1.82) is 5.41 Å². The van der Waals surface area contributed by atoms with Gasteiger partial charge in [-0.3, -0.25) is 10.1 Å². The van der Waals surface area contributed by atoms with Gasteiger partial charge in [0.15, 0.2) is 5.69 Å². The first kappa shape index (κ1) is 30.6. The van der Waals surface area contributed by atoms with Gasteiger partial charge < -0.3 is 10.7 Å². The molecule has 0 saturated carbocycles. The van der Waals surface area contributed by atoms with Crippen LogP contribution in [0, 0.1) is 11.2 Å². The van der Waals surface area contributed by atoms with Crippen LogP contribution in [0.5, 0.6) is 0 Å². The van der Waals surface area contributed by atoms with E-state index in [2.05, 4.69) is 5.32 Å². The third-order valence-electron chi connectivity index (χ3n) is 5.25. The van der Waals surface area contributed by atoms with Crippen LogP contribution < -0.4 is 10.6 Å². The summed E-state index contributed by atoms with van der Waals surface area (Å²) in [7, 11) is 0. The van der Waals surface area contributed by atoms with Gasteiger partial charge in [-0.2, -0.15) is 26.3 Å². The summed E-state index contributed by atoms with van der Waals surface area (Å²) in [6.07, 6.45) is -8.86. The van der Waals surface area contributed by atoms with Crippen molar-refractivity contribution in [2.45, 2.75) is 42.8 Å². The molecule has 0 spiro atoms. The Labute approximate surface area is 216 Å². The Morgan fingerprint density at radius 3 is 2.24 bits per heavy atom. The predicted octanol–water partition coefficient (Wildman–Crippen LogP) is 6.40. The average Bonchev–Trinajstić information content (AvgIpc) is 2.82. The van der Waals surface area contributed by atoms with Gasteiger partial charge in [0.05, 0.1) is 10.5 Å². The molecule has 0 atom stereocenters. The van der Waals surface area contributed by atoms with E-state index in [4.69, 9.17) is 17.0 Å². The number of thioether (sulfide) groups is 1. The number of benzene rings is 2. The Kier molecular flexibility index (Phi) is 9.77. The zero-order valence-electron chi connectivity index (χ0n) is 19.3. The van der Waals surface area contributed by atoms with Crippen LogP contribution in [0.1, 0.15) is 30.0 Å². The lowest BCUT2D eigenvalue weighted by Gasteiger charge is -2.30. The van der Waals surface area contributed by atoms with Crippen molar-refractivity contribution >= 4 is 46.7 Å². The van der Waals surface area contributed by atoms with E-state index >= 15 is 0 Å². The smallest absolute Gasteiger partial charge is 0.352 e. The highest BCUT2D eigenvalue weighted by Crippen LogP contribution is 2.54. The van der Waals surface area contributed by atoms with Gasteiger partial charge in [-0.05, 0) is 36.1 Å². The van der Waals surface area contributed by atoms with Gasteiger partial charge in [0, 0.05) is 30.3 Å². The van der Waals surface area contributed by atoms with Crippen molar-refractivity contribution in [2.75, 3.05) is 6.26 Å². The molecule has 4 nitrogen and oxygen atoms in total. The topological polar surface area (TPSA) is 69.6 Å². The molecule has 0 unspecified atom stereocenters. The van der Waals surface area contributed by atoms with Gasteiger partial charge in [0.25, 0.3) is 0 Å². The first-order chi connectivity index (χ1) is 17.1. The predicted molar refractivity (Wildman–Crippen MR) is 125 cm³/mol. The highest BCUT2D eigenvalue weighted by atomic mass is 35.5. The minimum atomic E-state index is -6.29. The number of hydrogen-bond donors (Lipinski definition) is 3. The van der Waals surface area contributed by atoms with Crippen LogP contribution in [0.25, 0.3) is 5.57 Å². The van der Waals surface area contributed by atoms with E-state index < -0.39 is 34.4 Å². The minimum absolute atomic E-state index is 0.0125. The molecule has 1 amide bonds. The second-order valence-electron chi connectivity index (χ2n) is 7.60. The number of carbonyl (C=O) groups excluding carboxylic acids is 1. The van der Waals surface area contributed by atoms with Gasteiger partial charge >= 0.3 is 18.0 Å². The number of nitrogens with one attached hydrogen (secondary N) is 2. The molecule has 2 rings (SSSR count). The Morgan fingerprint density at radius 2 is 1.73 bits per heavy atom. The normalized spacial score (nSPS) is 13.0. The molecular weight excluding hydrogens is 554 g/mol. The molecular formula is C23H21ClF8N3OS+. The van der Waals surface area contributed by atoms with E-state index in [9.17, 15) is 39.9 Å². The summed E-state index contributed by atoms with van der Waals surface area (Å²) in [5.41, 5.74) is -6.73. The van der Waals surface area contributed by atoms with E-state index in [0.29, 0.717) is 11.6 Å². The first-order valence-electron chi connectivity index (χ1n) is 10.4. The van der Waals surface area contributed by atoms with Crippen LogP contribution in [0.4, 0.5) is 40.8 Å². The Hall–Kier alpha value is -2.64. The molecule has 4 N–H and O–H groups in total. The van der Waals surface area contributed by atoms with Crippen molar-refractivity contribution in [2.24, 2.45) is 0 Å². The summed E-state index contributed by atoms with van der Waals surface area (Å²) in [5, 5.41) is 10.9. The molecule has 2 aromatic rings. The molecule has 0 fully saturated rings. The number of rotatable bonds is 9. The Bertz CT molecular complexity index is 1180. The van der Waals surface area contributed by atoms with Gasteiger partial charge in [-0.1, -0.05) is 24.6 Å². The maximum Gasteiger partial charge on any atom is 0.435 e. The summed E-state index contributed by atoms with van der Waals surface area (Å²) in [4.78, 5) is 11.3. The van der Waals surface area contributed by atoms with Crippen molar-refractivity contribution in [3.05, 3.63) is 64.1 Å². The molecule has 0 saturated heterocycles. The Balaban J connectivity index is 2.49. The molecule has 0 aliphatic carbocycles. The van der Waals surface area contributed by atoms with Gasteiger partial charge in [-0.15, -0.1) is 11.8 Å². The first-order valence-corrected chi connectivity index (χ1v) is 12.0. The highest BCUT2D eigenvalue weighted by molar-refractivity contribution is 7.98. The average molecular weight is 575 g/mol. The molecule has 0 radical (unpaired) electrons. The molecule has 0 bridgehead atoms. The summed E-state index contributed by atoms with van der Waals surface area (Å²) >= 11 is 6.74. The van der Waals surface area contributed by atoms with Crippen molar-refractivity contribution in [3.8, 4) is 0 Å². The van der Waals surface area contributed by atoms with E-state index in [-0.39, 0.29) is 46.7 Å². The largest absolute Gasteiger partial charge is 0.435 e. The summed E-state index contributed by atoms with van der Waals surface area (Å²) in [5.74, 6) is -0.919. The van der Waals surface area contributed by atoms with Crippen LogP contribution >= 0.6 is 23.4 Å². The fourth-order valence-electron chi connectivity index (χ4n) is 3.22. The molecule has 2 aromatic carbocycles. The Morgan fingerprint density at radius 1 is 1.11 bits per heavy atom. The van der Waals surface area contributed by atoms with Gasteiger partial charge in [0.1, 0.15) is 17.0 Å². The number of hydrogen-bond acceptors (Lipinski definition) is 3. The van der Waals surface area contributed by atoms with Gasteiger partial charge in [0.2, 0.25) is 5.91 Å². The number of allylic oxidation sites excluding steroid dienone is 1. The summed E-state index contributed by atoms with van der Waals surface area (Å²) in [6, 6.07) is 4.52. The third kappa shape index (κ3) is 6.63. The van der Waals surface area contributed by atoms with E-state index in [1.165, 1.54) is 29.9 Å². The molecule has 37 heavy (non-hydrogen) atoms. The van der Waals surface area contributed by atoms with Crippen molar-refractivity contribution in [1.82, 2.24) is 5.32 Å². The van der Waals surface area contributed by atoms with Crippen LogP contribution in [0.15, 0.2) is 41.4 Å². The van der Waals surface area contributed by atoms with E-state index in [1.54, 1.807) is 6.92 Å². The fourth-order valence-corrected chi connectivity index (χ4v) is 4.20. The highest BCUT2D eigenvalue weighted by Gasteiger charge is 2.73. The van der Waals surface area contributed by atoms with Crippen LogP contribution in [-0.2, 0) is 17.0 Å². The zero-order chi connectivity index (χ0) is 28.2.